The topological polar surface area (TPSA) is 72.5 Å². The summed E-state index contributed by atoms with van der Waals surface area (Å²) >= 11 is 3.08. The first-order valence-electron chi connectivity index (χ1n) is 5.64. The van der Waals surface area contributed by atoms with E-state index in [0.29, 0.717) is 11.0 Å². The molecule has 1 aromatic rings. The van der Waals surface area contributed by atoms with Crippen molar-refractivity contribution in [1.82, 2.24) is 5.32 Å². The average molecular weight is 385 g/mol. The van der Waals surface area contributed by atoms with Crippen LogP contribution in [-0.4, -0.2) is 33.6 Å². The van der Waals surface area contributed by atoms with Crippen molar-refractivity contribution in [1.29, 1.82) is 0 Å². The fourth-order valence-corrected chi connectivity index (χ4v) is 3.42. The predicted octanol–water partition coefficient (Wildman–Crippen LogP) is 2.53. The number of carbonyl (C=O) groups is 1. The molecule has 5 nitrogen and oxygen atoms in total. The predicted molar refractivity (Wildman–Crippen MR) is 80.6 cm³/mol. The molecule has 0 spiro atoms. The number of rotatable bonds is 5. The fraction of sp³-hybridized carbons (Fsp3) is 0.417. The highest BCUT2D eigenvalue weighted by molar-refractivity contribution is 9.10. The molecule has 112 valence electrons. The van der Waals surface area contributed by atoms with Crippen LogP contribution >= 0.6 is 26.6 Å². The number of halogens is 2. The summed E-state index contributed by atoms with van der Waals surface area (Å²) < 4.78 is 28.2. The molecule has 0 aliphatic rings. The van der Waals surface area contributed by atoms with Gasteiger partial charge in [0.2, 0.25) is 0 Å². The summed E-state index contributed by atoms with van der Waals surface area (Å²) in [6.45, 7) is 3.94. The molecule has 0 heterocycles. The molecule has 0 atom stereocenters. The van der Waals surface area contributed by atoms with Gasteiger partial charge in [-0.25, -0.2) is 8.42 Å². The van der Waals surface area contributed by atoms with E-state index in [2.05, 4.69) is 21.2 Å². The average Bonchev–Trinajstić information content (AvgIpc) is 2.35. The van der Waals surface area contributed by atoms with E-state index in [4.69, 9.17) is 15.4 Å². The second-order valence-electron chi connectivity index (χ2n) is 4.73. The van der Waals surface area contributed by atoms with Crippen LogP contribution in [0.5, 0.6) is 0 Å². The van der Waals surface area contributed by atoms with Crippen molar-refractivity contribution in [2.75, 3.05) is 13.7 Å². The Morgan fingerprint density at radius 3 is 2.55 bits per heavy atom. The van der Waals surface area contributed by atoms with Crippen LogP contribution in [0.25, 0.3) is 0 Å². The van der Waals surface area contributed by atoms with Crippen molar-refractivity contribution >= 4 is 41.6 Å². The normalized spacial score (nSPS) is 12.2. The summed E-state index contributed by atoms with van der Waals surface area (Å²) in [5.74, 6) is -0.399. The Kier molecular flexibility index (Phi) is 5.60. The van der Waals surface area contributed by atoms with Crippen molar-refractivity contribution < 1.29 is 17.9 Å². The van der Waals surface area contributed by atoms with Gasteiger partial charge in [0.1, 0.15) is 0 Å². The Morgan fingerprint density at radius 2 is 2.05 bits per heavy atom. The van der Waals surface area contributed by atoms with Gasteiger partial charge in [0.15, 0.2) is 0 Å². The van der Waals surface area contributed by atoms with E-state index in [1.807, 2.05) is 13.8 Å². The van der Waals surface area contributed by atoms with Crippen LogP contribution in [-0.2, 0) is 13.8 Å². The number of methoxy groups -OCH3 is 1. The lowest BCUT2D eigenvalue weighted by Gasteiger charge is -2.23. The number of benzene rings is 1. The maximum absolute atomic E-state index is 12.0. The zero-order chi connectivity index (χ0) is 15.6. The summed E-state index contributed by atoms with van der Waals surface area (Å²) in [5.41, 5.74) is -0.300. The van der Waals surface area contributed by atoms with E-state index in [0.717, 1.165) is 0 Å². The minimum absolute atomic E-state index is 0.141. The molecule has 0 unspecified atom stereocenters. The van der Waals surface area contributed by atoms with Gasteiger partial charge < -0.3 is 10.1 Å². The third-order valence-corrected chi connectivity index (χ3v) is 5.00. The van der Waals surface area contributed by atoms with E-state index in [1.54, 1.807) is 7.11 Å². The molecule has 1 N–H and O–H groups in total. The first-order valence-corrected chi connectivity index (χ1v) is 8.74. The summed E-state index contributed by atoms with van der Waals surface area (Å²) in [4.78, 5) is 11.8. The number of carbonyl (C=O) groups excluding carboxylic acids is 1. The third kappa shape index (κ3) is 4.73. The lowest BCUT2D eigenvalue weighted by atomic mass is 10.1. The Hall–Kier alpha value is -0.630. The van der Waals surface area contributed by atoms with Crippen molar-refractivity contribution in [3.05, 3.63) is 28.2 Å². The molecule has 20 heavy (non-hydrogen) atoms. The van der Waals surface area contributed by atoms with Gasteiger partial charge in [0, 0.05) is 34.4 Å². The van der Waals surface area contributed by atoms with E-state index < -0.39 is 20.6 Å². The van der Waals surface area contributed by atoms with Crippen molar-refractivity contribution in [3.8, 4) is 0 Å². The lowest BCUT2D eigenvalue weighted by Crippen LogP contribution is -2.39. The molecular formula is C12H15BrClNO4S. The number of amides is 1. The first-order chi connectivity index (χ1) is 9.07. The number of nitrogens with one attached hydrogen (secondary N) is 1. The van der Waals surface area contributed by atoms with Crippen LogP contribution in [0.2, 0.25) is 0 Å². The lowest BCUT2D eigenvalue weighted by molar-refractivity contribution is 0.0228. The molecule has 0 aliphatic heterocycles. The molecule has 0 aliphatic carbocycles. The Morgan fingerprint density at radius 1 is 1.45 bits per heavy atom. The van der Waals surface area contributed by atoms with E-state index >= 15 is 0 Å². The summed E-state index contributed by atoms with van der Waals surface area (Å²) in [6.07, 6.45) is 0. The number of ether oxygens (including phenoxy) is 1. The van der Waals surface area contributed by atoms with Gasteiger partial charge in [-0.1, -0.05) is 0 Å². The molecule has 0 saturated carbocycles. The zero-order valence-electron chi connectivity index (χ0n) is 11.2. The third-order valence-electron chi connectivity index (χ3n) is 2.68. The molecule has 1 amide bonds. The summed E-state index contributed by atoms with van der Waals surface area (Å²) in [5, 5.41) is 2.67. The number of hydrogen-bond donors (Lipinski definition) is 1. The first kappa shape index (κ1) is 17.4. The minimum Gasteiger partial charge on any atom is -0.377 e. The molecule has 8 heteroatoms. The molecule has 0 aromatic heterocycles. The van der Waals surface area contributed by atoms with Crippen molar-refractivity contribution in [2.45, 2.75) is 24.3 Å². The summed E-state index contributed by atoms with van der Waals surface area (Å²) in [7, 11) is 2.93. The number of hydrogen-bond acceptors (Lipinski definition) is 4. The monoisotopic (exact) mass is 383 g/mol. The molecule has 0 fully saturated rings. The van der Waals surface area contributed by atoms with Gasteiger partial charge in [-0.2, -0.15) is 0 Å². The highest BCUT2D eigenvalue weighted by Gasteiger charge is 2.20. The van der Waals surface area contributed by atoms with Crippen LogP contribution in [0.15, 0.2) is 27.6 Å². The van der Waals surface area contributed by atoms with Crippen LogP contribution in [0.1, 0.15) is 24.2 Å². The van der Waals surface area contributed by atoms with Crippen LogP contribution < -0.4 is 5.32 Å². The van der Waals surface area contributed by atoms with Gasteiger partial charge in [-0.05, 0) is 48.0 Å². The Labute approximate surface area is 131 Å². The highest BCUT2D eigenvalue weighted by Crippen LogP contribution is 2.26. The van der Waals surface area contributed by atoms with Gasteiger partial charge >= 0.3 is 0 Å². The quantitative estimate of drug-likeness (QED) is 0.792. The molecule has 1 rings (SSSR count). The molecule has 0 saturated heterocycles. The van der Waals surface area contributed by atoms with E-state index in [-0.39, 0.29) is 10.5 Å². The van der Waals surface area contributed by atoms with Crippen LogP contribution in [0.3, 0.4) is 0 Å². The van der Waals surface area contributed by atoms with Gasteiger partial charge in [0.25, 0.3) is 15.0 Å². The fourth-order valence-electron chi connectivity index (χ4n) is 1.30. The standard InChI is InChI=1S/C12H15BrClNO4S/c1-12(2,19-3)7-15-11(16)8-4-5-9(13)10(6-8)20(14,17)18/h4-6H,7H2,1-3H3,(H,15,16). The minimum atomic E-state index is -3.92. The molecule has 1 aromatic carbocycles. The van der Waals surface area contributed by atoms with E-state index in [1.165, 1.54) is 18.2 Å². The van der Waals surface area contributed by atoms with Crippen LogP contribution in [0.4, 0.5) is 0 Å². The Balaban J connectivity index is 2.96. The molecule has 0 radical (unpaired) electrons. The smallest absolute Gasteiger partial charge is 0.262 e. The SMILES string of the molecule is COC(C)(C)CNC(=O)c1ccc(Br)c(S(=O)(=O)Cl)c1. The Bertz CT molecular complexity index is 616. The van der Waals surface area contributed by atoms with Gasteiger partial charge in [0.05, 0.1) is 10.5 Å². The largest absolute Gasteiger partial charge is 0.377 e. The van der Waals surface area contributed by atoms with Crippen molar-refractivity contribution in [3.63, 3.8) is 0 Å². The van der Waals surface area contributed by atoms with E-state index in [9.17, 15) is 13.2 Å². The van der Waals surface area contributed by atoms with Crippen LogP contribution in [0, 0.1) is 0 Å². The zero-order valence-corrected chi connectivity index (χ0v) is 14.4. The second kappa shape index (κ2) is 6.43. The second-order valence-corrected chi connectivity index (χ2v) is 8.12. The summed E-state index contributed by atoms with van der Waals surface area (Å²) in [6, 6.07) is 4.19. The van der Waals surface area contributed by atoms with Gasteiger partial charge in [-0.15, -0.1) is 0 Å². The molecule has 0 bridgehead atoms. The molecular weight excluding hydrogens is 370 g/mol. The highest BCUT2D eigenvalue weighted by atomic mass is 79.9. The van der Waals surface area contributed by atoms with Crippen molar-refractivity contribution in [2.24, 2.45) is 0 Å². The van der Waals surface area contributed by atoms with Gasteiger partial charge in [-0.3, -0.25) is 4.79 Å². The maximum Gasteiger partial charge on any atom is 0.262 e. The maximum atomic E-state index is 12.0.